The second kappa shape index (κ2) is 6.25. The highest BCUT2D eigenvalue weighted by Gasteiger charge is 2.19. The van der Waals surface area contributed by atoms with Gasteiger partial charge >= 0.3 is 0 Å². The molecule has 23 heavy (non-hydrogen) atoms. The van der Waals surface area contributed by atoms with Crippen LogP contribution in [0.1, 0.15) is 12.5 Å². The first-order valence-electron chi connectivity index (χ1n) is 6.58. The minimum atomic E-state index is -4.06. The maximum Gasteiger partial charge on any atom is 0.265 e. The molecule has 122 valence electrons. The van der Waals surface area contributed by atoms with Crippen LogP contribution >= 0.6 is 0 Å². The summed E-state index contributed by atoms with van der Waals surface area (Å²) in [6, 6.07) is 7.56. The molecule has 3 N–H and O–H groups in total. The molecule has 0 atom stereocenters. The lowest BCUT2D eigenvalue weighted by Crippen LogP contribution is -2.14. The van der Waals surface area contributed by atoms with E-state index in [9.17, 15) is 22.7 Å². The summed E-state index contributed by atoms with van der Waals surface area (Å²) in [6.45, 7) is 2.90. The molecule has 0 bridgehead atoms. The zero-order valence-electron chi connectivity index (χ0n) is 12.4. The normalized spacial score (nSPS) is 11.1. The molecule has 0 saturated carbocycles. The number of carbonyl (C=O) groups is 1. The molecule has 0 aromatic heterocycles. The van der Waals surface area contributed by atoms with Crippen molar-refractivity contribution in [3.8, 4) is 5.75 Å². The molecule has 0 saturated heterocycles. The molecule has 0 aliphatic rings. The lowest BCUT2D eigenvalue weighted by atomic mass is 10.2. The van der Waals surface area contributed by atoms with Gasteiger partial charge in [0, 0.05) is 6.92 Å². The van der Waals surface area contributed by atoms with Gasteiger partial charge in [0.05, 0.1) is 11.4 Å². The van der Waals surface area contributed by atoms with Crippen LogP contribution in [0.25, 0.3) is 0 Å². The Morgan fingerprint density at radius 2 is 1.87 bits per heavy atom. The minimum Gasteiger partial charge on any atom is -0.507 e. The fourth-order valence-corrected chi connectivity index (χ4v) is 3.15. The van der Waals surface area contributed by atoms with Crippen molar-refractivity contribution in [2.45, 2.75) is 18.7 Å². The van der Waals surface area contributed by atoms with Crippen LogP contribution in [-0.2, 0) is 14.8 Å². The summed E-state index contributed by atoms with van der Waals surface area (Å²) in [5.41, 5.74) is 0.559. The van der Waals surface area contributed by atoms with Crippen LogP contribution in [0.15, 0.2) is 41.3 Å². The van der Waals surface area contributed by atoms with Crippen LogP contribution in [0.3, 0.4) is 0 Å². The zero-order valence-corrected chi connectivity index (χ0v) is 13.2. The van der Waals surface area contributed by atoms with Gasteiger partial charge in [0.15, 0.2) is 0 Å². The largest absolute Gasteiger partial charge is 0.507 e. The maximum atomic E-state index is 13.6. The Morgan fingerprint density at radius 1 is 1.17 bits per heavy atom. The van der Waals surface area contributed by atoms with Crippen molar-refractivity contribution >= 4 is 27.3 Å². The van der Waals surface area contributed by atoms with E-state index in [1.54, 1.807) is 13.0 Å². The van der Waals surface area contributed by atoms with Crippen LogP contribution in [0.4, 0.5) is 15.8 Å². The van der Waals surface area contributed by atoms with E-state index in [4.69, 9.17) is 0 Å². The number of phenols is 1. The van der Waals surface area contributed by atoms with Gasteiger partial charge in [0.2, 0.25) is 5.91 Å². The summed E-state index contributed by atoms with van der Waals surface area (Å²) in [5, 5.41) is 12.0. The molecule has 0 heterocycles. The van der Waals surface area contributed by atoms with Gasteiger partial charge in [-0.15, -0.1) is 0 Å². The number of benzene rings is 2. The molecule has 0 aliphatic carbocycles. The predicted molar refractivity (Wildman–Crippen MR) is 84.4 cm³/mol. The van der Waals surface area contributed by atoms with Crippen LogP contribution in [-0.4, -0.2) is 19.4 Å². The molecular formula is C15H15FN2O4S. The molecule has 8 heteroatoms. The number of carbonyl (C=O) groups excluding carboxylic acids is 1. The maximum absolute atomic E-state index is 13.6. The minimum absolute atomic E-state index is 0.0519. The summed E-state index contributed by atoms with van der Waals surface area (Å²) in [6.07, 6.45) is 0. The summed E-state index contributed by atoms with van der Waals surface area (Å²) in [5.74, 6) is -1.57. The summed E-state index contributed by atoms with van der Waals surface area (Å²) in [4.78, 5) is 10.7. The molecule has 0 unspecified atom stereocenters. The topological polar surface area (TPSA) is 95.5 Å². The fourth-order valence-electron chi connectivity index (χ4n) is 1.92. The SMILES string of the molecule is CC(=O)Nc1cc(NS(=O)(=O)c2cc(C)ccc2O)ccc1F. The fraction of sp³-hybridized carbons (Fsp3) is 0.133. The Labute approximate surface area is 133 Å². The number of anilines is 2. The molecule has 0 radical (unpaired) electrons. The molecular weight excluding hydrogens is 323 g/mol. The Balaban J connectivity index is 2.37. The van der Waals surface area contributed by atoms with Crippen molar-refractivity contribution in [3.63, 3.8) is 0 Å². The molecule has 0 fully saturated rings. The average molecular weight is 338 g/mol. The van der Waals surface area contributed by atoms with E-state index in [0.29, 0.717) is 5.56 Å². The highest BCUT2D eigenvalue weighted by Crippen LogP contribution is 2.27. The van der Waals surface area contributed by atoms with Crippen molar-refractivity contribution in [2.75, 3.05) is 10.0 Å². The monoisotopic (exact) mass is 338 g/mol. The Bertz CT molecular complexity index is 866. The van der Waals surface area contributed by atoms with Crippen LogP contribution in [0, 0.1) is 12.7 Å². The number of hydrogen-bond donors (Lipinski definition) is 3. The van der Waals surface area contributed by atoms with E-state index < -0.39 is 27.5 Å². The quantitative estimate of drug-likeness (QED) is 0.798. The van der Waals surface area contributed by atoms with E-state index in [2.05, 4.69) is 10.0 Å². The molecule has 0 aliphatic heterocycles. The van der Waals surface area contributed by atoms with Gasteiger partial charge in [0.25, 0.3) is 10.0 Å². The van der Waals surface area contributed by atoms with Gasteiger partial charge < -0.3 is 10.4 Å². The van der Waals surface area contributed by atoms with Crippen molar-refractivity contribution in [2.24, 2.45) is 0 Å². The molecule has 2 rings (SSSR count). The number of amides is 1. The van der Waals surface area contributed by atoms with Gasteiger partial charge in [-0.2, -0.15) is 0 Å². The lowest BCUT2D eigenvalue weighted by Gasteiger charge is -2.12. The summed E-state index contributed by atoms with van der Waals surface area (Å²) < 4.78 is 40.5. The van der Waals surface area contributed by atoms with Crippen LogP contribution in [0.2, 0.25) is 0 Å². The standard InChI is InChI=1S/C15H15FN2O4S/c1-9-3-6-14(20)15(7-9)23(21,22)18-11-4-5-12(16)13(8-11)17-10(2)19/h3-8,18,20H,1-2H3,(H,17,19). The number of nitrogens with one attached hydrogen (secondary N) is 2. The Kier molecular flexibility index (Phi) is 4.55. The third-order valence-electron chi connectivity index (χ3n) is 2.93. The number of aryl methyl sites for hydroxylation is 1. The molecule has 2 aromatic carbocycles. The van der Waals surface area contributed by atoms with E-state index in [-0.39, 0.29) is 16.3 Å². The zero-order chi connectivity index (χ0) is 17.2. The number of aromatic hydroxyl groups is 1. The van der Waals surface area contributed by atoms with Gasteiger partial charge in [-0.25, -0.2) is 12.8 Å². The van der Waals surface area contributed by atoms with E-state index in [1.165, 1.54) is 25.1 Å². The molecule has 6 nitrogen and oxygen atoms in total. The third-order valence-corrected chi connectivity index (χ3v) is 4.34. The highest BCUT2D eigenvalue weighted by molar-refractivity contribution is 7.92. The summed E-state index contributed by atoms with van der Waals surface area (Å²) in [7, 11) is -4.06. The first-order chi connectivity index (χ1) is 10.7. The van der Waals surface area contributed by atoms with Crippen molar-refractivity contribution in [1.29, 1.82) is 0 Å². The number of hydrogen-bond acceptors (Lipinski definition) is 4. The number of phenolic OH excluding ortho intramolecular Hbond substituents is 1. The van der Waals surface area contributed by atoms with Gasteiger partial charge in [-0.3, -0.25) is 9.52 Å². The van der Waals surface area contributed by atoms with Crippen LogP contribution < -0.4 is 10.0 Å². The second-order valence-electron chi connectivity index (χ2n) is 4.95. The summed E-state index contributed by atoms with van der Waals surface area (Å²) >= 11 is 0. The Hall–Kier alpha value is -2.61. The predicted octanol–water partition coefficient (Wildman–Crippen LogP) is 2.60. The van der Waals surface area contributed by atoms with Crippen LogP contribution in [0.5, 0.6) is 5.75 Å². The van der Waals surface area contributed by atoms with Gasteiger partial charge in [-0.1, -0.05) is 6.07 Å². The number of sulfonamides is 1. The second-order valence-corrected chi connectivity index (χ2v) is 6.60. The van der Waals surface area contributed by atoms with Crippen molar-refractivity contribution in [3.05, 3.63) is 47.8 Å². The van der Waals surface area contributed by atoms with Crippen molar-refractivity contribution in [1.82, 2.24) is 0 Å². The smallest absolute Gasteiger partial charge is 0.265 e. The number of halogens is 1. The lowest BCUT2D eigenvalue weighted by molar-refractivity contribution is -0.114. The van der Waals surface area contributed by atoms with E-state index in [1.807, 2.05) is 0 Å². The first kappa shape index (κ1) is 16.8. The van der Waals surface area contributed by atoms with Crippen molar-refractivity contribution < 1.29 is 22.7 Å². The molecule has 0 spiro atoms. The number of rotatable bonds is 4. The average Bonchev–Trinajstić information content (AvgIpc) is 2.44. The highest BCUT2D eigenvalue weighted by atomic mass is 32.2. The van der Waals surface area contributed by atoms with Gasteiger partial charge in [0.1, 0.15) is 16.5 Å². The molecule has 2 aromatic rings. The van der Waals surface area contributed by atoms with E-state index >= 15 is 0 Å². The Morgan fingerprint density at radius 3 is 2.52 bits per heavy atom. The first-order valence-corrected chi connectivity index (χ1v) is 8.07. The van der Waals surface area contributed by atoms with Gasteiger partial charge in [-0.05, 0) is 42.8 Å². The van der Waals surface area contributed by atoms with E-state index in [0.717, 1.165) is 12.1 Å². The molecule has 1 amide bonds. The third kappa shape index (κ3) is 3.98.